The molecule has 0 bridgehead atoms. The number of halogens is 2. The average Bonchev–Trinajstić information content (AvgIpc) is 3.38. The molecule has 122 valence electrons. The summed E-state index contributed by atoms with van der Waals surface area (Å²) in [4.78, 5) is 12.4. The molecule has 0 N–H and O–H groups in total. The molecule has 0 radical (unpaired) electrons. The fraction of sp³-hybridized carbons (Fsp3) is 0.167. The molecule has 4 nitrogen and oxygen atoms in total. The summed E-state index contributed by atoms with van der Waals surface area (Å²) >= 11 is 9.61. The molecule has 24 heavy (non-hydrogen) atoms. The Morgan fingerprint density at radius 1 is 1.25 bits per heavy atom. The Hall–Kier alpha value is -1.82. The monoisotopic (exact) mass is 406 g/mol. The number of benzene rings is 2. The van der Waals surface area contributed by atoms with Crippen LogP contribution in [0.2, 0.25) is 5.02 Å². The van der Waals surface area contributed by atoms with E-state index in [0.717, 1.165) is 4.47 Å². The zero-order chi connectivity index (χ0) is 16.7. The zero-order valence-corrected chi connectivity index (χ0v) is 14.8. The fourth-order valence-corrected chi connectivity index (χ4v) is 2.99. The third kappa shape index (κ3) is 3.07. The Bertz CT molecular complexity index is 978. The first-order valence-corrected chi connectivity index (χ1v) is 8.55. The molecule has 3 aromatic rings. The summed E-state index contributed by atoms with van der Waals surface area (Å²) in [5.41, 5.74) is 0.923. The number of hydrogen-bond donors (Lipinski definition) is 0. The Morgan fingerprint density at radius 2 is 2.08 bits per heavy atom. The minimum Gasteiger partial charge on any atom is -0.490 e. The van der Waals surface area contributed by atoms with Crippen LogP contribution in [0.15, 0.2) is 56.1 Å². The van der Waals surface area contributed by atoms with Crippen molar-refractivity contribution in [1.82, 2.24) is 0 Å². The van der Waals surface area contributed by atoms with Crippen LogP contribution in [0.5, 0.6) is 5.75 Å². The number of rotatable bonds is 4. The molecule has 6 heteroatoms. The Kier molecular flexibility index (Phi) is 4.08. The largest absolute Gasteiger partial charge is 0.490 e. The van der Waals surface area contributed by atoms with Gasteiger partial charge in [-0.05, 0) is 30.3 Å². The molecule has 4 rings (SSSR count). The summed E-state index contributed by atoms with van der Waals surface area (Å²) in [5, 5.41) is 0.856. The van der Waals surface area contributed by atoms with Crippen molar-refractivity contribution in [3.05, 3.63) is 62.2 Å². The maximum Gasteiger partial charge on any atom is 0.193 e. The van der Waals surface area contributed by atoms with Crippen molar-refractivity contribution in [3.8, 4) is 17.1 Å². The lowest BCUT2D eigenvalue weighted by Crippen LogP contribution is -2.06. The standard InChI is InChI=1S/C18H12BrClO4/c19-10-4-5-13(16(6-10)23-9-11-8-22-11)17-7-15(21)12-2-1-3-14(20)18(12)24-17/h1-7,11H,8-9H2. The topological polar surface area (TPSA) is 52.0 Å². The second-order valence-corrected chi connectivity index (χ2v) is 6.82. The van der Waals surface area contributed by atoms with Crippen molar-refractivity contribution in [1.29, 1.82) is 0 Å². The number of ether oxygens (including phenoxy) is 2. The second kappa shape index (κ2) is 6.24. The van der Waals surface area contributed by atoms with Crippen LogP contribution in [0, 0.1) is 0 Å². The smallest absolute Gasteiger partial charge is 0.193 e. The van der Waals surface area contributed by atoms with Crippen LogP contribution in [0.25, 0.3) is 22.3 Å². The van der Waals surface area contributed by atoms with Gasteiger partial charge in [0.15, 0.2) is 11.0 Å². The van der Waals surface area contributed by atoms with Crippen LogP contribution >= 0.6 is 27.5 Å². The van der Waals surface area contributed by atoms with Gasteiger partial charge in [0.1, 0.15) is 24.2 Å². The first kappa shape index (κ1) is 15.7. The first-order valence-electron chi connectivity index (χ1n) is 7.38. The normalized spacial score (nSPS) is 16.3. The van der Waals surface area contributed by atoms with Crippen molar-refractivity contribution in [2.75, 3.05) is 13.2 Å². The summed E-state index contributed by atoms with van der Waals surface area (Å²) in [6, 6.07) is 12.1. The minimum absolute atomic E-state index is 0.134. The van der Waals surface area contributed by atoms with E-state index in [1.807, 2.05) is 18.2 Å². The average molecular weight is 408 g/mol. The van der Waals surface area contributed by atoms with Gasteiger partial charge < -0.3 is 13.9 Å². The molecular formula is C18H12BrClO4. The van der Waals surface area contributed by atoms with E-state index >= 15 is 0 Å². The maximum absolute atomic E-state index is 12.4. The Morgan fingerprint density at radius 3 is 2.88 bits per heavy atom. The number of fused-ring (bicyclic) bond motifs is 1. The quantitative estimate of drug-likeness (QED) is 0.591. The van der Waals surface area contributed by atoms with Gasteiger partial charge in [-0.1, -0.05) is 33.6 Å². The molecule has 0 saturated carbocycles. The van der Waals surface area contributed by atoms with Gasteiger partial charge in [0.05, 0.1) is 22.6 Å². The maximum atomic E-state index is 12.4. The molecule has 1 unspecified atom stereocenters. The van der Waals surface area contributed by atoms with Crippen molar-refractivity contribution < 1.29 is 13.9 Å². The van der Waals surface area contributed by atoms with Crippen molar-refractivity contribution in [3.63, 3.8) is 0 Å². The third-order valence-electron chi connectivity index (χ3n) is 3.74. The molecule has 0 aliphatic carbocycles. The molecule has 1 aromatic heterocycles. The summed E-state index contributed by atoms with van der Waals surface area (Å²) in [5.74, 6) is 1.04. The predicted octanol–water partition coefficient (Wildman–Crippen LogP) is 4.65. The SMILES string of the molecule is O=c1cc(-c2ccc(Br)cc2OCC2CO2)oc2c(Cl)cccc12. The van der Waals surface area contributed by atoms with Crippen LogP contribution < -0.4 is 10.2 Å². The van der Waals surface area contributed by atoms with Gasteiger partial charge in [-0.3, -0.25) is 4.79 Å². The lowest BCUT2D eigenvalue weighted by molar-refractivity contribution is 0.263. The number of epoxide rings is 1. The van der Waals surface area contributed by atoms with Gasteiger partial charge in [0.25, 0.3) is 0 Å². The highest BCUT2D eigenvalue weighted by atomic mass is 79.9. The number of para-hydroxylation sites is 1. The molecule has 1 atom stereocenters. The van der Waals surface area contributed by atoms with Gasteiger partial charge in [0, 0.05) is 10.5 Å². The van der Waals surface area contributed by atoms with E-state index in [0.29, 0.717) is 46.3 Å². The number of hydrogen-bond acceptors (Lipinski definition) is 4. The molecule has 1 saturated heterocycles. The van der Waals surface area contributed by atoms with Gasteiger partial charge in [-0.15, -0.1) is 0 Å². The van der Waals surface area contributed by atoms with Crippen LogP contribution in [0.3, 0.4) is 0 Å². The van der Waals surface area contributed by atoms with E-state index < -0.39 is 0 Å². The molecule has 2 aromatic carbocycles. The first-order chi connectivity index (χ1) is 11.6. The second-order valence-electron chi connectivity index (χ2n) is 5.50. The fourth-order valence-electron chi connectivity index (χ4n) is 2.44. The molecule has 0 amide bonds. The molecule has 2 heterocycles. The predicted molar refractivity (Wildman–Crippen MR) is 95.9 cm³/mol. The van der Waals surface area contributed by atoms with Crippen LogP contribution in [0.1, 0.15) is 0 Å². The summed E-state index contributed by atoms with van der Waals surface area (Å²) in [6.07, 6.45) is 0.134. The van der Waals surface area contributed by atoms with E-state index in [2.05, 4.69) is 15.9 Å². The summed E-state index contributed by atoms with van der Waals surface area (Å²) in [6.45, 7) is 1.17. The van der Waals surface area contributed by atoms with Gasteiger partial charge in [0.2, 0.25) is 0 Å². The van der Waals surface area contributed by atoms with Crippen LogP contribution in [0.4, 0.5) is 0 Å². The van der Waals surface area contributed by atoms with E-state index in [4.69, 9.17) is 25.5 Å². The lowest BCUT2D eigenvalue weighted by Gasteiger charge is -2.11. The van der Waals surface area contributed by atoms with Crippen molar-refractivity contribution in [2.45, 2.75) is 6.10 Å². The summed E-state index contributed by atoms with van der Waals surface area (Å²) < 4.78 is 17.8. The van der Waals surface area contributed by atoms with Crippen molar-refractivity contribution in [2.24, 2.45) is 0 Å². The molecule has 1 aliphatic heterocycles. The lowest BCUT2D eigenvalue weighted by atomic mass is 10.1. The minimum atomic E-state index is -0.145. The molecule has 1 aliphatic rings. The van der Waals surface area contributed by atoms with E-state index in [-0.39, 0.29) is 11.5 Å². The molecular weight excluding hydrogens is 396 g/mol. The highest BCUT2D eigenvalue weighted by Gasteiger charge is 2.24. The highest BCUT2D eigenvalue weighted by molar-refractivity contribution is 9.10. The van der Waals surface area contributed by atoms with E-state index in [1.54, 1.807) is 18.2 Å². The molecule has 1 fully saturated rings. The molecule has 0 spiro atoms. The third-order valence-corrected chi connectivity index (χ3v) is 4.53. The van der Waals surface area contributed by atoms with Gasteiger partial charge >= 0.3 is 0 Å². The van der Waals surface area contributed by atoms with E-state index in [9.17, 15) is 4.79 Å². The van der Waals surface area contributed by atoms with E-state index in [1.165, 1.54) is 6.07 Å². The van der Waals surface area contributed by atoms with Crippen molar-refractivity contribution >= 4 is 38.5 Å². The zero-order valence-electron chi connectivity index (χ0n) is 12.4. The van der Waals surface area contributed by atoms with Crippen LogP contribution in [-0.2, 0) is 4.74 Å². The Labute approximate surface area is 151 Å². The highest BCUT2D eigenvalue weighted by Crippen LogP contribution is 2.35. The summed E-state index contributed by atoms with van der Waals surface area (Å²) in [7, 11) is 0. The van der Waals surface area contributed by atoms with Gasteiger partial charge in [-0.2, -0.15) is 0 Å². The Balaban J connectivity index is 1.84. The van der Waals surface area contributed by atoms with Gasteiger partial charge in [-0.25, -0.2) is 0 Å². The van der Waals surface area contributed by atoms with Crippen LogP contribution in [-0.4, -0.2) is 19.3 Å².